The van der Waals surface area contributed by atoms with Crippen molar-refractivity contribution in [3.8, 4) is 11.4 Å². The van der Waals surface area contributed by atoms with Crippen molar-refractivity contribution in [3.05, 3.63) is 106 Å². The molecule has 7 heteroatoms. The topological polar surface area (TPSA) is 42.3 Å². The molecule has 1 fully saturated rings. The molecule has 1 saturated heterocycles. The molecule has 1 aliphatic rings. The van der Waals surface area contributed by atoms with Crippen LogP contribution in [-0.4, -0.2) is 21.8 Å². The van der Waals surface area contributed by atoms with Crippen LogP contribution in [0.4, 0.5) is 5.69 Å². The summed E-state index contributed by atoms with van der Waals surface area (Å²) in [4.78, 5) is 6.93. The first-order valence-corrected chi connectivity index (χ1v) is 12.7. The monoisotopic (exact) mass is 516 g/mol. The van der Waals surface area contributed by atoms with Crippen molar-refractivity contribution in [1.82, 2.24) is 14.9 Å². The SMILES string of the molecule is COc1ccc(Cl)cc1-n1c(C)cc(C2C(c3ccccn3)NC(=S)N2c2cc(C)cc(C)c2)c1C. The second-order valence-corrected chi connectivity index (χ2v) is 10.1. The van der Waals surface area contributed by atoms with Crippen molar-refractivity contribution in [2.75, 3.05) is 12.0 Å². The predicted molar refractivity (Wildman–Crippen MR) is 151 cm³/mol. The van der Waals surface area contributed by atoms with E-state index in [4.69, 9.17) is 33.5 Å². The number of thiocarbonyl (C=S) groups is 1. The van der Waals surface area contributed by atoms with E-state index < -0.39 is 0 Å². The number of ether oxygens (including phenoxy) is 1. The summed E-state index contributed by atoms with van der Waals surface area (Å²) in [5.41, 5.74) is 8.66. The number of aryl methyl sites for hydroxylation is 3. The fourth-order valence-corrected chi connectivity index (χ4v) is 5.85. The van der Waals surface area contributed by atoms with Crippen LogP contribution in [0, 0.1) is 27.7 Å². The van der Waals surface area contributed by atoms with E-state index in [1.54, 1.807) is 7.11 Å². The number of aromatic nitrogens is 2. The molecule has 0 aliphatic carbocycles. The quantitative estimate of drug-likeness (QED) is 0.291. The second kappa shape index (κ2) is 9.60. The van der Waals surface area contributed by atoms with Gasteiger partial charge < -0.3 is 19.5 Å². The first kappa shape index (κ1) is 24.3. The van der Waals surface area contributed by atoms with Crippen LogP contribution < -0.4 is 15.0 Å². The highest BCUT2D eigenvalue weighted by atomic mass is 35.5. The van der Waals surface area contributed by atoms with Crippen LogP contribution in [0.3, 0.4) is 0 Å². The van der Waals surface area contributed by atoms with Gasteiger partial charge in [-0.25, -0.2) is 0 Å². The molecular weight excluding hydrogens is 488 g/mol. The summed E-state index contributed by atoms with van der Waals surface area (Å²) in [6, 6.07) is 20.3. The van der Waals surface area contributed by atoms with Gasteiger partial charge in [-0.15, -0.1) is 0 Å². The Balaban J connectivity index is 1.72. The molecule has 1 N–H and O–H groups in total. The van der Waals surface area contributed by atoms with E-state index in [1.807, 2.05) is 36.5 Å². The maximum atomic E-state index is 6.40. The van der Waals surface area contributed by atoms with Crippen molar-refractivity contribution >= 4 is 34.6 Å². The van der Waals surface area contributed by atoms with Crippen molar-refractivity contribution in [3.63, 3.8) is 0 Å². The number of nitrogens with one attached hydrogen (secondary N) is 1. The molecule has 1 aliphatic heterocycles. The molecule has 2 atom stereocenters. The lowest BCUT2D eigenvalue weighted by atomic mass is 9.96. The molecule has 2 aromatic heterocycles. The number of halogens is 1. The molecule has 2 unspecified atom stereocenters. The second-order valence-electron chi connectivity index (χ2n) is 9.32. The Hall–Kier alpha value is -3.35. The van der Waals surface area contributed by atoms with Crippen LogP contribution in [-0.2, 0) is 0 Å². The van der Waals surface area contributed by atoms with E-state index in [2.05, 4.69) is 72.8 Å². The van der Waals surface area contributed by atoms with Crippen LogP contribution >= 0.6 is 23.8 Å². The number of nitrogens with zero attached hydrogens (tertiary/aromatic N) is 3. The van der Waals surface area contributed by atoms with Crippen LogP contribution in [0.15, 0.2) is 66.9 Å². The minimum absolute atomic E-state index is 0.0984. The number of hydrogen-bond donors (Lipinski definition) is 1. The summed E-state index contributed by atoms with van der Waals surface area (Å²) >= 11 is 12.3. The summed E-state index contributed by atoms with van der Waals surface area (Å²) in [6.45, 7) is 8.48. The van der Waals surface area contributed by atoms with Gasteiger partial charge >= 0.3 is 0 Å². The molecule has 36 heavy (non-hydrogen) atoms. The molecule has 5 rings (SSSR count). The lowest BCUT2D eigenvalue weighted by Crippen LogP contribution is -2.29. The van der Waals surface area contributed by atoms with E-state index in [0.717, 1.165) is 39.8 Å². The van der Waals surface area contributed by atoms with Gasteiger partial charge in [-0.05, 0) is 105 Å². The number of pyridine rings is 1. The Bertz CT molecular complexity index is 1430. The maximum Gasteiger partial charge on any atom is 0.174 e. The molecule has 0 radical (unpaired) electrons. The molecule has 0 bridgehead atoms. The number of rotatable bonds is 5. The molecule has 0 amide bonds. The molecule has 5 nitrogen and oxygen atoms in total. The zero-order chi connectivity index (χ0) is 25.6. The maximum absolute atomic E-state index is 6.40. The van der Waals surface area contributed by atoms with Gasteiger partial charge in [0, 0.05) is 28.3 Å². The van der Waals surface area contributed by atoms with Crippen LogP contribution in [0.1, 0.15) is 45.9 Å². The van der Waals surface area contributed by atoms with E-state index in [1.165, 1.54) is 11.1 Å². The van der Waals surface area contributed by atoms with Crippen molar-refractivity contribution in [1.29, 1.82) is 0 Å². The van der Waals surface area contributed by atoms with Gasteiger partial charge in [0.25, 0.3) is 0 Å². The first-order valence-electron chi connectivity index (χ1n) is 11.9. The van der Waals surface area contributed by atoms with Crippen molar-refractivity contribution in [2.45, 2.75) is 39.8 Å². The molecule has 0 spiro atoms. The molecule has 3 heterocycles. The fourth-order valence-electron chi connectivity index (χ4n) is 5.33. The summed E-state index contributed by atoms with van der Waals surface area (Å²) in [5.74, 6) is 0.764. The van der Waals surface area contributed by atoms with Crippen LogP contribution in [0.25, 0.3) is 5.69 Å². The number of benzene rings is 2. The Kier molecular flexibility index (Phi) is 6.49. The minimum Gasteiger partial charge on any atom is -0.495 e. The minimum atomic E-state index is -0.116. The third-order valence-corrected chi connectivity index (χ3v) is 7.30. The summed E-state index contributed by atoms with van der Waals surface area (Å²) in [7, 11) is 1.68. The van der Waals surface area contributed by atoms with Gasteiger partial charge in [0.15, 0.2) is 5.11 Å². The van der Waals surface area contributed by atoms with Gasteiger partial charge in [0.05, 0.1) is 30.6 Å². The average molecular weight is 517 g/mol. The molecule has 0 saturated carbocycles. The highest BCUT2D eigenvalue weighted by molar-refractivity contribution is 7.80. The Morgan fingerprint density at radius 2 is 1.72 bits per heavy atom. The number of methoxy groups -OCH3 is 1. The highest BCUT2D eigenvalue weighted by Gasteiger charge is 2.42. The standard InChI is InChI=1S/C29H29ClN4OS/c1-17-12-18(2)14-22(13-17)34-28(27(32-29(34)36)24-8-6-7-11-31-24)23-15-19(3)33(20(23)4)25-16-21(30)9-10-26(25)35-5/h6-16,27-28H,1-5H3,(H,32,36). The summed E-state index contributed by atoms with van der Waals surface area (Å²) < 4.78 is 7.90. The van der Waals surface area contributed by atoms with Gasteiger partial charge in [-0.2, -0.15) is 0 Å². The third-order valence-electron chi connectivity index (χ3n) is 6.75. The van der Waals surface area contributed by atoms with Crippen LogP contribution in [0.5, 0.6) is 5.75 Å². The molecule has 184 valence electrons. The van der Waals surface area contributed by atoms with Gasteiger partial charge in [-0.3, -0.25) is 4.98 Å². The van der Waals surface area contributed by atoms with Crippen molar-refractivity contribution < 1.29 is 4.74 Å². The van der Waals surface area contributed by atoms with Gasteiger partial charge in [0.1, 0.15) is 5.75 Å². The lowest BCUT2D eigenvalue weighted by Gasteiger charge is -2.29. The van der Waals surface area contributed by atoms with Crippen LogP contribution in [0.2, 0.25) is 5.02 Å². The number of hydrogen-bond acceptors (Lipinski definition) is 3. The average Bonchev–Trinajstić information content (AvgIpc) is 3.34. The van der Waals surface area contributed by atoms with Gasteiger partial charge in [-0.1, -0.05) is 23.7 Å². The normalized spacial score (nSPS) is 17.4. The van der Waals surface area contributed by atoms with E-state index in [-0.39, 0.29) is 12.1 Å². The Morgan fingerprint density at radius 1 is 0.972 bits per heavy atom. The Labute approximate surface area is 222 Å². The zero-order valence-corrected chi connectivity index (χ0v) is 22.6. The zero-order valence-electron chi connectivity index (χ0n) is 21.0. The number of anilines is 1. The van der Waals surface area contributed by atoms with Gasteiger partial charge in [0.2, 0.25) is 0 Å². The fraction of sp³-hybridized carbons (Fsp3) is 0.241. The largest absolute Gasteiger partial charge is 0.495 e. The van der Waals surface area contributed by atoms with E-state index in [9.17, 15) is 0 Å². The summed E-state index contributed by atoms with van der Waals surface area (Å²) in [6.07, 6.45) is 1.83. The molecular formula is C29H29ClN4OS. The smallest absolute Gasteiger partial charge is 0.174 e. The summed E-state index contributed by atoms with van der Waals surface area (Å²) in [5, 5.41) is 4.92. The highest BCUT2D eigenvalue weighted by Crippen LogP contribution is 2.44. The molecule has 4 aromatic rings. The first-order chi connectivity index (χ1) is 17.3. The van der Waals surface area contributed by atoms with E-state index >= 15 is 0 Å². The Morgan fingerprint density at radius 3 is 2.39 bits per heavy atom. The predicted octanol–water partition coefficient (Wildman–Crippen LogP) is 6.95. The lowest BCUT2D eigenvalue weighted by molar-refractivity contribution is 0.412. The van der Waals surface area contributed by atoms with E-state index in [0.29, 0.717) is 10.1 Å². The third kappa shape index (κ3) is 4.25. The molecule has 2 aromatic carbocycles. The van der Waals surface area contributed by atoms with Crippen molar-refractivity contribution in [2.24, 2.45) is 0 Å².